The number of nitrogens with one attached hydrogen (secondary N) is 2. The van der Waals surface area contributed by atoms with Gasteiger partial charge in [-0.05, 0) is 12.1 Å². The van der Waals surface area contributed by atoms with Gasteiger partial charge in [-0.2, -0.15) is 5.26 Å². The molecule has 0 bridgehead atoms. The Hall–Kier alpha value is -2.68. The van der Waals surface area contributed by atoms with Gasteiger partial charge in [0.15, 0.2) is 0 Å². The number of hydrogen-bond acceptors (Lipinski definition) is 6. The van der Waals surface area contributed by atoms with Crippen molar-refractivity contribution in [1.82, 2.24) is 15.0 Å². The number of rotatable bonds is 6. The van der Waals surface area contributed by atoms with Crippen molar-refractivity contribution in [3.05, 3.63) is 42.5 Å². The van der Waals surface area contributed by atoms with Crippen LogP contribution in [0.3, 0.4) is 0 Å². The lowest BCUT2D eigenvalue weighted by Crippen LogP contribution is -2.08. The average Bonchev–Trinajstić information content (AvgIpc) is 2.47. The topological polar surface area (TPSA) is 86.5 Å². The molecule has 0 aliphatic carbocycles. The van der Waals surface area contributed by atoms with Gasteiger partial charge in [-0.1, -0.05) is 6.07 Å². The van der Waals surface area contributed by atoms with Crippen molar-refractivity contribution in [3.8, 4) is 6.07 Å². The summed E-state index contributed by atoms with van der Waals surface area (Å²) in [5.41, 5.74) is 1.03. The second kappa shape index (κ2) is 6.91. The Bertz CT molecular complexity index is 549. The molecular weight excluding hydrogens is 240 g/mol. The van der Waals surface area contributed by atoms with Gasteiger partial charge in [0.05, 0.1) is 6.07 Å². The maximum Gasteiger partial charge on any atom is 0.132 e. The summed E-state index contributed by atoms with van der Waals surface area (Å²) in [5.74, 6) is 1.36. The van der Waals surface area contributed by atoms with Crippen LogP contribution in [0, 0.1) is 11.3 Å². The quantitative estimate of drug-likeness (QED) is 0.759. The Balaban J connectivity index is 1.84. The molecule has 2 aromatic rings. The fourth-order valence-corrected chi connectivity index (χ4v) is 1.55. The van der Waals surface area contributed by atoms with Crippen LogP contribution < -0.4 is 10.6 Å². The smallest absolute Gasteiger partial charge is 0.132 e. The lowest BCUT2D eigenvalue weighted by atomic mass is 10.3. The summed E-state index contributed by atoms with van der Waals surface area (Å²) in [5, 5.41) is 14.6. The van der Waals surface area contributed by atoms with Gasteiger partial charge in [0.25, 0.3) is 0 Å². The maximum atomic E-state index is 8.49. The minimum Gasteiger partial charge on any atom is -0.370 e. The van der Waals surface area contributed by atoms with Crippen LogP contribution in [0.1, 0.15) is 5.69 Å². The molecule has 2 aromatic heterocycles. The van der Waals surface area contributed by atoms with Crippen LogP contribution in [0.25, 0.3) is 0 Å². The van der Waals surface area contributed by atoms with Crippen molar-refractivity contribution < 1.29 is 0 Å². The molecule has 96 valence electrons. The van der Waals surface area contributed by atoms with Crippen molar-refractivity contribution in [3.63, 3.8) is 0 Å². The fourth-order valence-electron chi connectivity index (χ4n) is 1.55. The first kappa shape index (κ1) is 12.8. The summed E-state index contributed by atoms with van der Waals surface area (Å²) in [6, 6.07) is 9.63. The molecule has 0 atom stereocenters. The van der Waals surface area contributed by atoms with Crippen LogP contribution in [-0.4, -0.2) is 28.0 Å². The number of pyridine rings is 1. The first-order valence-corrected chi connectivity index (χ1v) is 5.95. The molecule has 0 aliphatic heterocycles. The highest BCUT2D eigenvalue weighted by atomic mass is 15.1. The number of anilines is 2. The van der Waals surface area contributed by atoms with Crippen LogP contribution in [0.4, 0.5) is 11.6 Å². The molecule has 2 rings (SSSR count). The van der Waals surface area contributed by atoms with Crippen molar-refractivity contribution in [1.29, 1.82) is 5.26 Å². The van der Waals surface area contributed by atoms with Crippen molar-refractivity contribution >= 4 is 11.6 Å². The second-order valence-corrected chi connectivity index (χ2v) is 3.80. The second-order valence-electron chi connectivity index (χ2n) is 3.80. The fraction of sp³-hybridized carbons (Fsp3) is 0.231. The molecule has 19 heavy (non-hydrogen) atoms. The predicted octanol–water partition coefficient (Wildman–Crippen LogP) is 1.46. The van der Waals surface area contributed by atoms with Gasteiger partial charge in [0.2, 0.25) is 0 Å². The molecular formula is C13H14N6. The molecule has 0 saturated heterocycles. The van der Waals surface area contributed by atoms with E-state index in [1.807, 2.05) is 24.3 Å². The van der Waals surface area contributed by atoms with E-state index in [-0.39, 0.29) is 6.54 Å². The average molecular weight is 254 g/mol. The number of hydrogen-bond donors (Lipinski definition) is 2. The molecule has 2 heterocycles. The Kier molecular flexibility index (Phi) is 4.64. The van der Waals surface area contributed by atoms with E-state index in [2.05, 4.69) is 25.6 Å². The third-order valence-corrected chi connectivity index (χ3v) is 2.43. The molecule has 0 aliphatic rings. The van der Waals surface area contributed by atoms with Gasteiger partial charge in [-0.3, -0.25) is 4.98 Å². The number of nitriles is 1. The van der Waals surface area contributed by atoms with Crippen molar-refractivity contribution in [2.75, 3.05) is 23.7 Å². The Labute approximate surface area is 111 Å². The van der Waals surface area contributed by atoms with Crippen molar-refractivity contribution in [2.24, 2.45) is 0 Å². The highest BCUT2D eigenvalue weighted by molar-refractivity contribution is 5.46. The van der Waals surface area contributed by atoms with Gasteiger partial charge in [0.1, 0.15) is 24.5 Å². The molecule has 0 spiro atoms. The monoisotopic (exact) mass is 254 g/mol. The highest BCUT2D eigenvalue weighted by Gasteiger charge is 1.98. The molecule has 0 saturated carbocycles. The highest BCUT2D eigenvalue weighted by Crippen LogP contribution is 2.08. The Morgan fingerprint density at radius 3 is 2.68 bits per heavy atom. The Morgan fingerprint density at radius 1 is 1.11 bits per heavy atom. The summed E-state index contributed by atoms with van der Waals surface area (Å²) < 4.78 is 0. The molecule has 0 fully saturated rings. The van der Waals surface area contributed by atoms with Gasteiger partial charge >= 0.3 is 0 Å². The van der Waals surface area contributed by atoms with Gasteiger partial charge < -0.3 is 10.6 Å². The van der Waals surface area contributed by atoms with Crippen molar-refractivity contribution in [2.45, 2.75) is 6.42 Å². The summed E-state index contributed by atoms with van der Waals surface area (Å²) >= 11 is 0. The van der Waals surface area contributed by atoms with E-state index in [0.717, 1.165) is 24.5 Å². The standard InChI is InChI=1S/C13H14N6/c14-5-8-17-13-9-12(18-10-19-13)16-7-4-11-3-1-2-6-15-11/h1-3,6,9-10H,4,7-8H2,(H2,16,17,18,19). The summed E-state index contributed by atoms with van der Waals surface area (Å²) in [4.78, 5) is 12.4. The third-order valence-electron chi connectivity index (χ3n) is 2.43. The van der Waals surface area contributed by atoms with E-state index in [1.165, 1.54) is 6.33 Å². The van der Waals surface area contributed by atoms with Gasteiger partial charge in [-0.25, -0.2) is 9.97 Å². The van der Waals surface area contributed by atoms with E-state index < -0.39 is 0 Å². The number of nitrogens with zero attached hydrogens (tertiary/aromatic N) is 4. The predicted molar refractivity (Wildman–Crippen MR) is 72.6 cm³/mol. The largest absolute Gasteiger partial charge is 0.370 e. The minimum atomic E-state index is 0.227. The molecule has 0 radical (unpaired) electrons. The first-order chi connectivity index (χ1) is 9.38. The van der Waals surface area contributed by atoms with Crippen LogP contribution in [-0.2, 0) is 6.42 Å². The lowest BCUT2D eigenvalue weighted by molar-refractivity contribution is 0.951. The minimum absolute atomic E-state index is 0.227. The molecule has 0 amide bonds. The van der Waals surface area contributed by atoms with E-state index in [1.54, 1.807) is 12.3 Å². The molecule has 0 unspecified atom stereocenters. The molecule has 2 N–H and O–H groups in total. The normalized spacial score (nSPS) is 9.63. The van der Waals surface area contributed by atoms with Gasteiger partial charge in [-0.15, -0.1) is 0 Å². The lowest BCUT2D eigenvalue weighted by Gasteiger charge is -2.06. The summed E-state index contributed by atoms with van der Waals surface area (Å²) in [7, 11) is 0. The molecule has 6 heteroatoms. The zero-order chi connectivity index (χ0) is 13.3. The van der Waals surface area contributed by atoms with Crippen LogP contribution in [0.5, 0.6) is 0 Å². The van der Waals surface area contributed by atoms with E-state index in [4.69, 9.17) is 5.26 Å². The Morgan fingerprint density at radius 2 is 1.95 bits per heavy atom. The zero-order valence-corrected chi connectivity index (χ0v) is 10.4. The number of aromatic nitrogens is 3. The van der Waals surface area contributed by atoms with E-state index in [0.29, 0.717) is 5.82 Å². The van der Waals surface area contributed by atoms with E-state index in [9.17, 15) is 0 Å². The zero-order valence-electron chi connectivity index (χ0n) is 10.4. The third kappa shape index (κ3) is 4.24. The van der Waals surface area contributed by atoms with Crippen LogP contribution in [0.15, 0.2) is 36.8 Å². The molecule has 0 aromatic carbocycles. The van der Waals surface area contributed by atoms with Crippen LogP contribution in [0.2, 0.25) is 0 Å². The van der Waals surface area contributed by atoms with Crippen LogP contribution >= 0.6 is 0 Å². The summed E-state index contributed by atoms with van der Waals surface area (Å²) in [6.07, 6.45) is 4.07. The van der Waals surface area contributed by atoms with E-state index >= 15 is 0 Å². The first-order valence-electron chi connectivity index (χ1n) is 5.95. The maximum absolute atomic E-state index is 8.49. The molecule has 6 nitrogen and oxygen atoms in total. The SMILES string of the molecule is N#CCNc1cc(NCCc2ccccn2)ncn1. The summed E-state index contributed by atoms with van der Waals surface area (Å²) in [6.45, 7) is 0.968. The van der Waals surface area contributed by atoms with Gasteiger partial charge in [0, 0.05) is 30.9 Å².